The van der Waals surface area contributed by atoms with Gasteiger partial charge in [-0.2, -0.15) is 0 Å². The predicted octanol–water partition coefficient (Wildman–Crippen LogP) is 2.19. The third kappa shape index (κ3) is 6.19. The van der Waals surface area contributed by atoms with Gasteiger partial charge in [0, 0.05) is 26.2 Å². The Kier molecular flexibility index (Phi) is 8.55. The SMILES string of the molecule is C/C=C/CCN=C(NCC)N1CCC(C(=O)OCC)CC1. The Labute approximate surface area is 128 Å². The monoisotopic (exact) mass is 295 g/mol. The van der Waals surface area contributed by atoms with Gasteiger partial charge in [-0.1, -0.05) is 12.2 Å². The van der Waals surface area contributed by atoms with Crippen LogP contribution in [0.1, 0.15) is 40.0 Å². The van der Waals surface area contributed by atoms with Crippen LogP contribution in [0.4, 0.5) is 0 Å². The average Bonchev–Trinajstić information content (AvgIpc) is 2.51. The molecule has 0 spiro atoms. The molecule has 1 aliphatic heterocycles. The number of nitrogens with zero attached hydrogens (tertiary/aromatic N) is 2. The topological polar surface area (TPSA) is 53.9 Å². The van der Waals surface area contributed by atoms with Crippen molar-refractivity contribution in [3.63, 3.8) is 0 Å². The summed E-state index contributed by atoms with van der Waals surface area (Å²) >= 11 is 0. The Morgan fingerprint density at radius 1 is 1.38 bits per heavy atom. The number of carbonyl (C=O) groups excluding carboxylic acids is 1. The molecule has 0 aromatic heterocycles. The molecule has 0 bridgehead atoms. The molecule has 5 heteroatoms. The standard InChI is InChI=1S/C16H29N3O2/c1-4-7-8-11-18-16(17-5-2)19-12-9-14(10-13-19)15(20)21-6-3/h4,7,14H,5-6,8-13H2,1-3H3,(H,17,18)/b7-4+. The summed E-state index contributed by atoms with van der Waals surface area (Å²) in [6, 6.07) is 0. The summed E-state index contributed by atoms with van der Waals surface area (Å²) in [5, 5.41) is 3.33. The Bertz CT molecular complexity index is 359. The molecule has 0 aliphatic carbocycles. The van der Waals surface area contributed by atoms with Crippen molar-refractivity contribution in [1.82, 2.24) is 10.2 Å². The average molecular weight is 295 g/mol. The second-order valence-electron chi connectivity index (χ2n) is 5.11. The molecule has 21 heavy (non-hydrogen) atoms. The van der Waals surface area contributed by atoms with Gasteiger partial charge in [-0.05, 0) is 40.0 Å². The van der Waals surface area contributed by atoms with E-state index in [9.17, 15) is 4.79 Å². The van der Waals surface area contributed by atoms with Gasteiger partial charge in [0.05, 0.1) is 12.5 Å². The second-order valence-corrected chi connectivity index (χ2v) is 5.11. The number of hydrogen-bond donors (Lipinski definition) is 1. The molecular weight excluding hydrogens is 266 g/mol. The maximum atomic E-state index is 11.8. The van der Waals surface area contributed by atoms with E-state index in [-0.39, 0.29) is 11.9 Å². The highest BCUT2D eigenvalue weighted by molar-refractivity contribution is 5.80. The van der Waals surface area contributed by atoms with Crippen LogP contribution in [-0.4, -0.2) is 49.6 Å². The first-order chi connectivity index (χ1) is 10.2. The number of ether oxygens (including phenoxy) is 1. The minimum absolute atomic E-state index is 0.0482. The Morgan fingerprint density at radius 2 is 2.10 bits per heavy atom. The second kappa shape index (κ2) is 10.2. The van der Waals surface area contributed by atoms with Crippen LogP contribution in [0.3, 0.4) is 0 Å². The number of aliphatic imine (C=N–C) groups is 1. The fourth-order valence-corrected chi connectivity index (χ4v) is 2.42. The third-order valence-corrected chi connectivity index (χ3v) is 3.54. The summed E-state index contributed by atoms with van der Waals surface area (Å²) < 4.78 is 5.11. The Balaban J connectivity index is 2.49. The van der Waals surface area contributed by atoms with E-state index in [1.54, 1.807) is 0 Å². The smallest absolute Gasteiger partial charge is 0.309 e. The van der Waals surface area contributed by atoms with Crippen molar-refractivity contribution in [2.45, 2.75) is 40.0 Å². The van der Waals surface area contributed by atoms with Gasteiger partial charge in [-0.25, -0.2) is 0 Å². The fourth-order valence-electron chi connectivity index (χ4n) is 2.42. The van der Waals surface area contributed by atoms with E-state index in [4.69, 9.17) is 4.74 Å². The van der Waals surface area contributed by atoms with Gasteiger partial charge >= 0.3 is 5.97 Å². The van der Waals surface area contributed by atoms with Gasteiger partial charge in [0.25, 0.3) is 0 Å². The predicted molar refractivity (Wildman–Crippen MR) is 86.3 cm³/mol. The van der Waals surface area contributed by atoms with Gasteiger partial charge in [-0.3, -0.25) is 9.79 Å². The number of likely N-dealkylation sites (tertiary alicyclic amines) is 1. The number of allylic oxidation sites excluding steroid dienone is 1. The van der Waals surface area contributed by atoms with E-state index >= 15 is 0 Å². The molecule has 0 saturated carbocycles. The number of rotatable bonds is 6. The zero-order valence-electron chi connectivity index (χ0n) is 13.6. The van der Waals surface area contributed by atoms with Gasteiger partial charge in [0.15, 0.2) is 5.96 Å². The maximum absolute atomic E-state index is 11.8. The van der Waals surface area contributed by atoms with Gasteiger partial charge in [0.1, 0.15) is 0 Å². The van der Waals surface area contributed by atoms with Crippen molar-refractivity contribution in [2.75, 3.05) is 32.8 Å². The number of guanidine groups is 1. The maximum Gasteiger partial charge on any atom is 0.309 e. The first kappa shape index (κ1) is 17.5. The third-order valence-electron chi connectivity index (χ3n) is 3.54. The lowest BCUT2D eigenvalue weighted by Crippen LogP contribution is -2.46. The highest BCUT2D eigenvalue weighted by Gasteiger charge is 2.27. The molecule has 1 N–H and O–H groups in total. The van der Waals surface area contributed by atoms with Crippen molar-refractivity contribution in [3.05, 3.63) is 12.2 Å². The van der Waals surface area contributed by atoms with E-state index in [2.05, 4.69) is 28.2 Å². The van der Waals surface area contributed by atoms with Crippen LogP contribution in [0.25, 0.3) is 0 Å². The van der Waals surface area contributed by atoms with Crippen molar-refractivity contribution < 1.29 is 9.53 Å². The summed E-state index contributed by atoms with van der Waals surface area (Å²) in [6.45, 7) is 9.80. The summed E-state index contributed by atoms with van der Waals surface area (Å²) in [6.07, 6.45) is 6.83. The van der Waals surface area contributed by atoms with Crippen LogP contribution in [0.5, 0.6) is 0 Å². The summed E-state index contributed by atoms with van der Waals surface area (Å²) in [5.74, 6) is 0.962. The molecule has 1 aliphatic rings. The van der Waals surface area contributed by atoms with Gasteiger partial charge in [0.2, 0.25) is 0 Å². The molecule has 0 radical (unpaired) electrons. The molecule has 0 aromatic rings. The van der Waals surface area contributed by atoms with E-state index in [1.165, 1.54) is 0 Å². The minimum Gasteiger partial charge on any atom is -0.466 e. The molecule has 120 valence electrons. The van der Waals surface area contributed by atoms with Crippen LogP contribution >= 0.6 is 0 Å². The number of piperidine rings is 1. The summed E-state index contributed by atoms with van der Waals surface area (Å²) in [5.41, 5.74) is 0. The zero-order valence-corrected chi connectivity index (χ0v) is 13.6. The largest absolute Gasteiger partial charge is 0.466 e. The lowest BCUT2D eigenvalue weighted by atomic mass is 9.97. The Hall–Kier alpha value is -1.52. The highest BCUT2D eigenvalue weighted by Crippen LogP contribution is 2.18. The number of nitrogens with one attached hydrogen (secondary N) is 1. The van der Waals surface area contributed by atoms with Crippen LogP contribution in [0, 0.1) is 5.92 Å². The zero-order chi connectivity index (χ0) is 15.5. The lowest BCUT2D eigenvalue weighted by Gasteiger charge is -2.33. The quantitative estimate of drug-likeness (QED) is 0.268. The van der Waals surface area contributed by atoms with Crippen LogP contribution in [0.2, 0.25) is 0 Å². The molecule has 0 unspecified atom stereocenters. The minimum atomic E-state index is -0.0489. The summed E-state index contributed by atoms with van der Waals surface area (Å²) in [7, 11) is 0. The molecule has 1 saturated heterocycles. The Morgan fingerprint density at radius 3 is 2.67 bits per heavy atom. The summed E-state index contributed by atoms with van der Waals surface area (Å²) in [4.78, 5) is 18.6. The molecule has 0 amide bonds. The normalized spacial score (nSPS) is 17.3. The van der Waals surface area contributed by atoms with E-state index in [1.807, 2.05) is 19.9 Å². The molecule has 0 atom stereocenters. The van der Waals surface area contributed by atoms with E-state index in [0.29, 0.717) is 6.61 Å². The molecule has 1 heterocycles. The highest BCUT2D eigenvalue weighted by atomic mass is 16.5. The first-order valence-corrected chi connectivity index (χ1v) is 8.03. The first-order valence-electron chi connectivity index (χ1n) is 8.03. The number of hydrogen-bond acceptors (Lipinski definition) is 3. The van der Waals surface area contributed by atoms with Gasteiger partial charge in [-0.15, -0.1) is 0 Å². The van der Waals surface area contributed by atoms with Crippen LogP contribution < -0.4 is 5.32 Å². The fraction of sp³-hybridized carbons (Fsp3) is 0.750. The lowest BCUT2D eigenvalue weighted by molar-refractivity contribution is -0.149. The molecule has 1 fully saturated rings. The van der Waals surface area contributed by atoms with E-state index < -0.39 is 0 Å². The molecular formula is C16H29N3O2. The molecule has 1 rings (SSSR count). The van der Waals surface area contributed by atoms with Crippen molar-refractivity contribution >= 4 is 11.9 Å². The van der Waals surface area contributed by atoms with Gasteiger partial charge < -0.3 is 15.0 Å². The molecule has 5 nitrogen and oxygen atoms in total. The van der Waals surface area contributed by atoms with Crippen molar-refractivity contribution in [3.8, 4) is 0 Å². The van der Waals surface area contributed by atoms with E-state index in [0.717, 1.165) is 51.4 Å². The van der Waals surface area contributed by atoms with Crippen molar-refractivity contribution in [1.29, 1.82) is 0 Å². The van der Waals surface area contributed by atoms with Crippen LogP contribution in [-0.2, 0) is 9.53 Å². The van der Waals surface area contributed by atoms with Crippen molar-refractivity contribution in [2.24, 2.45) is 10.9 Å². The molecule has 0 aromatic carbocycles. The number of esters is 1. The van der Waals surface area contributed by atoms with Crippen LogP contribution in [0.15, 0.2) is 17.1 Å². The number of carbonyl (C=O) groups is 1.